The van der Waals surface area contributed by atoms with Crippen molar-refractivity contribution < 1.29 is 142 Å². The molecule has 29 N–H and O–H groups in total. The number of nitrogen functional groups attached to an aromatic ring is 1. The molecule has 0 radical (unpaired) electrons. The monoisotopic (exact) mass is 1760 g/mol. The summed E-state index contributed by atoms with van der Waals surface area (Å²) < 4.78 is 43.6. The fourth-order valence-corrected chi connectivity index (χ4v) is 14.7. The quantitative estimate of drug-likeness (QED) is 0.0165. The lowest BCUT2D eigenvalue weighted by molar-refractivity contribution is -0.333. The van der Waals surface area contributed by atoms with Crippen molar-refractivity contribution in [3.8, 4) is 68.6 Å². The largest absolute Gasteiger partial charge is 0.508 e. The van der Waals surface area contributed by atoms with Gasteiger partial charge in [0, 0.05) is 42.1 Å². The van der Waals surface area contributed by atoms with Gasteiger partial charge in [-0.15, -0.1) is 0 Å². The molecule has 6 aliphatic heterocycles. The van der Waals surface area contributed by atoms with E-state index in [1.54, 1.807) is 13.8 Å². The van der Waals surface area contributed by atoms with Crippen molar-refractivity contribution in [2.75, 3.05) is 25.9 Å². The Morgan fingerprint density at radius 2 is 1.36 bits per heavy atom. The molecule has 6 heterocycles. The van der Waals surface area contributed by atoms with Crippen LogP contribution in [0.4, 0.5) is 5.69 Å². The van der Waals surface area contributed by atoms with E-state index in [0.29, 0.717) is 0 Å². The van der Waals surface area contributed by atoms with Crippen molar-refractivity contribution in [2.45, 2.75) is 188 Å². The number of hydrogen-bond donors (Lipinski definition) is 24. The number of phenolic OH excluding ortho intramolecular Hbond substituents is 3. The number of benzene rings is 6. The number of nitrogens with two attached hydrogens (primary N) is 5. The summed E-state index contributed by atoms with van der Waals surface area (Å²) in [5, 5.41) is 154. The van der Waals surface area contributed by atoms with Gasteiger partial charge in [-0.05, 0) is 141 Å². The topological polar surface area (TPSA) is 692 Å². The zero-order valence-electron chi connectivity index (χ0n) is 66.4. The highest BCUT2D eigenvalue weighted by atomic mass is 35.5. The highest BCUT2D eigenvalue weighted by Gasteiger charge is 2.51. The van der Waals surface area contributed by atoms with E-state index < -0.39 is 321 Å². The summed E-state index contributed by atoms with van der Waals surface area (Å²) in [4.78, 5) is 143. The fourth-order valence-electron chi connectivity index (χ4n) is 14.3. The molecule has 0 saturated carbocycles. The van der Waals surface area contributed by atoms with E-state index in [4.69, 9.17) is 85.0 Å². The minimum Gasteiger partial charge on any atom is -0.508 e. The van der Waals surface area contributed by atoms with Crippen LogP contribution in [0.3, 0.4) is 0 Å². The molecule has 6 aromatic carbocycles. The van der Waals surface area contributed by atoms with E-state index in [2.05, 4.69) is 37.2 Å². The first kappa shape index (κ1) is 93.7. The van der Waals surface area contributed by atoms with Gasteiger partial charge in [0.15, 0.2) is 29.6 Å². The number of likely N-dealkylation sites (N-methyl/N-ethyl adjacent to an activating group) is 1. The molecule has 41 nitrogen and oxygen atoms in total. The second-order valence-corrected chi connectivity index (χ2v) is 31.4. The number of carbonyl (C=O) groups is 10. The van der Waals surface area contributed by atoms with Crippen molar-refractivity contribution in [1.82, 2.24) is 37.2 Å². The van der Waals surface area contributed by atoms with E-state index >= 15 is 9.59 Å². The number of carbonyl (C=O) groups excluding carboxylic acids is 10. The Bertz CT molecular complexity index is 5010. The van der Waals surface area contributed by atoms with Gasteiger partial charge < -0.3 is 160 Å². The summed E-state index contributed by atoms with van der Waals surface area (Å²) in [6.07, 6.45) is -24.8. The minimum absolute atomic E-state index is 0.126. The van der Waals surface area contributed by atoms with Gasteiger partial charge in [-0.1, -0.05) is 55.2 Å². The summed E-state index contributed by atoms with van der Waals surface area (Å²) in [6, 6.07) is 3.47. The molecule has 0 spiro atoms. The molecule has 664 valence electrons. The van der Waals surface area contributed by atoms with Crippen LogP contribution in [0, 0.1) is 5.92 Å². The molecular weight excluding hydrogens is 1660 g/mol. The van der Waals surface area contributed by atoms with Gasteiger partial charge in [-0.2, -0.15) is 0 Å². The Morgan fingerprint density at radius 1 is 0.715 bits per heavy atom. The van der Waals surface area contributed by atoms with Gasteiger partial charge in [0.25, 0.3) is 5.91 Å². The van der Waals surface area contributed by atoms with Crippen molar-refractivity contribution in [3.63, 3.8) is 0 Å². The molecule has 0 aliphatic carbocycles. The van der Waals surface area contributed by atoms with Gasteiger partial charge in [-0.25, -0.2) is 0 Å². The van der Waals surface area contributed by atoms with Crippen LogP contribution in [-0.2, 0) is 57.4 Å². The maximum atomic E-state index is 16.0. The first-order chi connectivity index (χ1) is 58.0. The van der Waals surface area contributed by atoms with Gasteiger partial charge in [-0.3, -0.25) is 47.9 Å². The zero-order valence-corrected chi connectivity index (χ0v) is 68.0. The summed E-state index contributed by atoms with van der Waals surface area (Å²) in [7, 11) is 1.46. The molecule has 123 heavy (non-hydrogen) atoms. The van der Waals surface area contributed by atoms with Crippen LogP contribution in [0.25, 0.3) is 11.1 Å². The lowest BCUT2D eigenvalue weighted by Crippen LogP contribution is -2.64. The second-order valence-electron chi connectivity index (χ2n) is 30.6. The molecule has 9 bridgehead atoms. The number of hydrogen-bond acceptors (Lipinski definition) is 32. The number of esters is 1. The minimum atomic E-state index is -2.39. The smallest absolute Gasteiger partial charge is 0.311 e. The van der Waals surface area contributed by atoms with E-state index in [0.717, 1.165) is 78.9 Å². The van der Waals surface area contributed by atoms with Gasteiger partial charge in [0.1, 0.15) is 94.7 Å². The zero-order chi connectivity index (χ0) is 90.2. The first-order valence-corrected chi connectivity index (χ1v) is 39.2. The molecule has 2 fully saturated rings. The number of amides is 9. The third-order valence-corrected chi connectivity index (χ3v) is 21.4. The average Bonchev–Trinajstić information content (AvgIpc) is 0.765. The van der Waals surface area contributed by atoms with Crippen LogP contribution in [0.15, 0.2) is 91.0 Å². The number of aliphatic hydroxyl groups is 8. The predicted octanol–water partition coefficient (Wildman–Crippen LogP) is -0.601. The molecule has 6 aliphatic rings. The van der Waals surface area contributed by atoms with Crippen molar-refractivity contribution >= 4 is 88.0 Å². The normalized spacial score (nSPS) is 25.7. The number of ether oxygens (including phenoxy) is 7. The van der Waals surface area contributed by atoms with E-state index in [1.165, 1.54) is 33.0 Å². The van der Waals surface area contributed by atoms with Gasteiger partial charge in [0.05, 0.1) is 71.7 Å². The number of primary amides is 3. The molecular formula is C80H96Cl2N12O29. The number of fused-ring (bicyclic) bond motifs is 16. The lowest BCUT2D eigenvalue weighted by atomic mass is 9.86. The Labute approximate surface area is 710 Å². The van der Waals surface area contributed by atoms with Gasteiger partial charge in [0.2, 0.25) is 59.3 Å². The predicted molar refractivity (Wildman–Crippen MR) is 429 cm³/mol. The molecule has 0 aromatic heterocycles. The number of halogens is 2. The SMILES string of the molecule is CN[C@@H](CC(C)C)C(=O)N[C@@H]1C(=O)N[C@H](CC(N)=O)C(=O)N[C@@H]2C(=O)N[C@H](C(N)=O)c3ccc(O)c(c3)-c3c(O)cc(O)cc3C(C(=O)NCCC(O)C(O)CCC(=O)Oc3ccc(N)c(O)c3C(N)=O)NC(=O)C[C@@H](O)c3ccc(c(Cl)c3)Oc3cc2cc(c3OC2O[C@H](CO)[C@H](O)[C@@H](O)[C@H]2O[C@H]2C[C@@](C)(N)[C@@H](O)[C@H](C)O2)Oc2ccc(cc2Cl)[C@@H]1O. The molecule has 4 unspecified atom stereocenters. The maximum absolute atomic E-state index is 16.0. The fraction of sp³-hybridized carbons (Fsp3) is 0.425. The molecule has 43 heteroatoms. The number of aliphatic hydroxyl groups excluding tert-OH is 8. The molecule has 6 aromatic rings. The second kappa shape index (κ2) is 39.8. The standard InChI is InChI=1S/C80H96Cl2N12O29/c1-30(2)18-42(88-5)74(112)94-64-65(105)34-8-13-50(40(82)21-34)119-53-23-35-22-52(69(53)123-79-70(68(108)67(107)54(29-95)121-79)122-58-28-80(4,87)71(109)31(3)117-58)118-49-12-7-32(20-39(49)81)47(100)27-56(103)91-63(76(114)89-17-16-46(99)45(98)11-15-57(104)120-51-14-9-41(83)66(106)60(51)72(85)110)38-24-36(96)25-48(101)59(38)37-19-33(6-10-44(37)97)61(73(86)111)92-77(115)62(35)93-75(113)43(26-55(84)102)90-78(64)116/h6-10,12-14,19-25,30-31,42-43,45-47,54,58,61-65,67-68,70-71,79,88,95-101,105-109H,11,15-18,26-29,83,87H2,1-5H3,(H2,84,102)(H2,85,110)(H2,86,111)(H,89,114)(H,90,116)(H,91,103)(H,92,115)(H,93,113)(H,94,112)/t31-,42-,43+,45?,46?,47+,54+,58-,61-,62-,63?,64-,65-,67-,68+,70+,71-,79?,80+/m0/s1. The highest BCUT2D eigenvalue weighted by molar-refractivity contribution is 6.32. The Balaban J connectivity index is 1.13. The molecule has 12 rings (SSSR count). The van der Waals surface area contributed by atoms with Crippen LogP contribution < -0.4 is 84.8 Å². The van der Waals surface area contributed by atoms with E-state index in [1.807, 2.05) is 0 Å². The first-order valence-electron chi connectivity index (χ1n) is 38.4. The third kappa shape index (κ3) is 22.1. The number of rotatable bonds is 23. The highest BCUT2D eigenvalue weighted by Crippen LogP contribution is 2.50. The summed E-state index contributed by atoms with van der Waals surface area (Å²) in [5.41, 5.74) is 24.1. The molecule has 19 atom stereocenters. The number of aromatic hydroxyl groups is 4. The van der Waals surface area contributed by atoms with Crippen molar-refractivity contribution in [1.29, 1.82) is 0 Å². The van der Waals surface area contributed by atoms with Crippen LogP contribution >= 0.6 is 23.2 Å². The van der Waals surface area contributed by atoms with Crippen LogP contribution in [0.2, 0.25) is 10.0 Å². The van der Waals surface area contributed by atoms with Crippen LogP contribution in [0.5, 0.6) is 57.5 Å². The maximum Gasteiger partial charge on any atom is 0.311 e. The number of nitrogens with one attached hydrogen (secondary N) is 7. The summed E-state index contributed by atoms with van der Waals surface area (Å²) >= 11 is 14.2. The van der Waals surface area contributed by atoms with Crippen LogP contribution in [0.1, 0.15) is 141 Å². The van der Waals surface area contributed by atoms with E-state index in [-0.39, 0.29) is 35.6 Å². The third-order valence-electron chi connectivity index (χ3n) is 20.8. The summed E-state index contributed by atoms with van der Waals surface area (Å²) in [5.74, 6) is -19.3. The Morgan fingerprint density at radius 3 is 1.97 bits per heavy atom. The van der Waals surface area contributed by atoms with Gasteiger partial charge >= 0.3 is 5.97 Å². The van der Waals surface area contributed by atoms with Crippen LogP contribution in [-0.4, -0.2) is 226 Å². The van der Waals surface area contributed by atoms with Crippen molar-refractivity contribution in [2.24, 2.45) is 28.9 Å². The Kier molecular flexibility index (Phi) is 30.3. The average molecular weight is 1760 g/mol. The number of phenols is 4. The van der Waals surface area contributed by atoms with Crippen molar-refractivity contribution in [3.05, 3.63) is 134 Å². The molecule has 2 saturated heterocycles. The molecule has 9 amide bonds. The Hall–Kier alpha value is -11.5. The van der Waals surface area contributed by atoms with E-state index in [9.17, 15) is 99.6 Å². The summed E-state index contributed by atoms with van der Waals surface area (Å²) in [6.45, 7) is 4.97. The number of anilines is 1. The lowest BCUT2D eigenvalue weighted by Gasteiger charge is -2.47.